The fourth-order valence-electron chi connectivity index (χ4n) is 2.48. The van der Waals surface area contributed by atoms with Crippen molar-refractivity contribution in [3.63, 3.8) is 0 Å². The average molecular weight is 288 g/mol. The van der Waals surface area contributed by atoms with Gasteiger partial charge in [-0.1, -0.05) is 50.9 Å². The molecule has 0 aromatic carbocycles. The number of aromatic nitrogens is 2. The Balaban J connectivity index is 2.17. The first kappa shape index (κ1) is 13.6. The lowest BCUT2D eigenvalue weighted by molar-refractivity contribution is -0.118. The molecule has 18 heavy (non-hydrogen) atoms. The maximum Gasteiger partial charge on any atom is 0.229 e. The van der Waals surface area contributed by atoms with E-state index in [1.807, 2.05) is 0 Å². The van der Waals surface area contributed by atoms with Crippen molar-refractivity contribution < 1.29 is 4.79 Å². The number of hydrogen-bond acceptors (Lipinski definition) is 3. The van der Waals surface area contributed by atoms with Gasteiger partial charge in [-0.2, -0.15) is 0 Å². The van der Waals surface area contributed by atoms with E-state index >= 15 is 0 Å². The summed E-state index contributed by atoms with van der Waals surface area (Å²) in [5.74, 6) is 0.122. The first-order valence-electron chi connectivity index (χ1n) is 5.66. The minimum absolute atomic E-state index is 0.0274. The number of rotatable bonds is 2. The van der Waals surface area contributed by atoms with Crippen LogP contribution in [0.15, 0.2) is 6.33 Å². The molecule has 4 nitrogen and oxygen atoms in total. The summed E-state index contributed by atoms with van der Waals surface area (Å²) in [6, 6.07) is 0. The maximum atomic E-state index is 12.2. The van der Waals surface area contributed by atoms with Crippen LogP contribution >= 0.6 is 23.2 Å². The van der Waals surface area contributed by atoms with Crippen LogP contribution in [0.3, 0.4) is 0 Å². The first-order chi connectivity index (χ1) is 8.19. The Morgan fingerprint density at radius 3 is 2.28 bits per heavy atom. The summed E-state index contributed by atoms with van der Waals surface area (Å²) in [6.07, 6.45) is 1.27. The molecule has 1 aromatic heterocycles. The third kappa shape index (κ3) is 1.88. The normalized spacial score (nSPS) is 20.6. The van der Waals surface area contributed by atoms with Gasteiger partial charge in [0, 0.05) is 5.92 Å². The summed E-state index contributed by atoms with van der Waals surface area (Å²) in [6.45, 7) is 8.30. The highest BCUT2D eigenvalue weighted by Gasteiger charge is 2.68. The highest BCUT2D eigenvalue weighted by molar-refractivity contribution is 6.42. The molecule has 1 heterocycles. The van der Waals surface area contributed by atoms with E-state index < -0.39 is 0 Å². The van der Waals surface area contributed by atoms with Crippen LogP contribution in [0.5, 0.6) is 0 Å². The fourth-order valence-corrected chi connectivity index (χ4v) is 2.75. The van der Waals surface area contributed by atoms with Crippen LogP contribution < -0.4 is 5.32 Å². The van der Waals surface area contributed by atoms with Gasteiger partial charge >= 0.3 is 0 Å². The van der Waals surface area contributed by atoms with E-state index in [4.69, 9.17) is 23.2 Å². The quantitative estimate of drug-likeness (QED) is 0.848. The smallest absolute Gasteiger partial charge is 0.229 e. The summed E-state index contributed by atoms with van der Waals surface area (Å²) < 4.78 is 0. The molecule has 0 atom stereocenters. The third-order valence-corrected chi connectivity index (χ3v) is 5.01. The summed E-state index contributed by atoms with van der Waals surface area (Å²) in [5.41, 5.74) is -0.0548. The lowest BCUT2D eigenvalue weighted by Crippen LogP contribution is -2.18. The summed E-state index contributed by atoms with van der Waals surface area (Å²) >= 11 is 11.7. The molecule has 1 N–H and O–H groups in total. The fraction of sp³-hybridized carbons (Fsp3) is 0.583. The highest BCUT2D eigenvalue weighted by atomic mass is 35.5. The van der Waals surface area contributed by atoms with E-state index in [1.165, 1.54) is 6.33 Å². The van der Waals surface area contributed by atoms with Gasteiger partial charge in [0.1, 0.15) is 11.3 Å². The van der Waals surface area contributed by atoms with Crippen LogP contribution in [0, 0.1) is 16.7 Å². The van der Waals surface area contributed by atoms with E-state index in [2.05, 4.69) is 43.0 Å². The van der Waals surface area contributed by atoms with Gasteiger partial charge < -0.3 is 5.32 Å². The first-order valence-corrected chi connectivity index (χ1v) is 6.42. The third-order valence-electron chi connectivity index (χ3n) is 4.27. The number of nitrogens with zero attached hydrogens (tertiary/aromatic N) is 2. The molecule has 0 bridgehead atoms. The molecule has 2 rings (SSSR count). The summed E-state index contributed by atoms with van der Waals surface area (Å²) in [4.78, 5) is 19.9. The Kier molecular flexibility index (Phi) is 3.06. The van der Waals surface area contributed by atoms with Crippen molar-refractivity contribution in [2.75, 3.05) is 5.32 Å². The van der Waals surface area contributed by atoms with Crippen LogP contribution in [-0.2, 0) is 4.79 Å². The average Bonchev–Trinajstić information content (AvgIpc) is 2.65. The van der Waals surface area contributed by atoms with Crippen LogP contribution in [0.2, 0.25) is 10.2 Å². The van der Waals surface area contributed by atoms with Crippen molar-refractivity contribution in [1.29, 1.82) is 0 Å². The Morgan fingerprint density at radius 1 is 1.22 bits per heavy atom. The van der Waals surface area contributed by atoms with Gasteiger partial charge in [-0.25, -0.2) is 9.97 Å². The number of anilines is 1. The van der Waals surface area contributed by atoms with E-state index in [9.17, 15) is 4.79 Å². The van der Waals surface area contributed by atoms with Crippen LogP contribution in [0.25, 0.3) is 0 Å². The molecule has 1 amide bonds. The predicted molar refractivity (Wildman–Crippen MR) is 71.7 cm³/mol. The molecular formula is C12H15Cl2N3O. The van der Waals surface area contributed by atoms with Gasteiger partial charge in [-0.05, 0) is 10.8 Å². The van der Waals surface area contributed by atoms with E-state index in [1.54, 1.807) is 0 Å². The standard InChI is InChI=1S/C12H15Cl2N3O/c1-11(2)7(12(11,3)4)10(18)17-9-6(13)8(14)15-5-16-9/h5,7H,1-4H3,(H,15,16,17,18). The topological polar surface area (TPSA) is 54.9 Å². The molecule has 1 aliphatic rings. The minimum atomic E-state index is -0.0818. The maximum absolute atomic E-state index is 12.2. The van der Waals surface area contributed by atoms with Crippen molar-refractivity contribution >= 4 is 34.9 Å². The van der Waals surface area contributed by atoms with Crippen molar-refractivity contribution in [3.05, 3.63) is 16.5 Å². The number of amides is 1. The second kappa shape index (κ2) is 4.07. The highest BCUT2D eigenvalue weighted by Crippen LogP contribution is 2.68. The number of nitrogens with one attached hydrogen (secondary N) is 1. The van der Waals surface area contributed by atoms with Crippen LogP contribution in [-0.4, -0.2) is 15.9 Å². The second-order valence-electron chi connectivity index (χ2n) is 5.69. The SMILES string of the molecule is CC1(C)C(C(=O)Nc2ncnc(Cl)c2Cl)C1(C)C. The van der Waals surface area contributed by atoms with Gasteiger partial charge in [0.2, 0.25) is 5.91 Å². The molecule has 0 saturated heterocycles. The van der Waals surface area contributed by atoms with E-state index in [0.717, 1.165) is 0 Å². The van der Waals surface area contributed by atoms with Crippen molar-refractivity contribution in [2.24, 2.45) is 16.7 Å². The Labute approximate surface area is 116 Å². The number of carbonyl (C=O) groups excluding carboxylic acids is 1. The zero-order valence-corrected chi connectivity index (χ0v) is 12.2. The molecule has 1 fully saturated rings. The van der Waals surface area contributed by atoms with Gasteiger partial charge in [0.05, 0.1) is 0 Å². The van der Waals surface area contributed by atoms with Crippen LogP contribution in [0.1, 0.15) is 27.7 Å². The van der Waals surface area contributed by atoms with Crippen molar-refractivity contribution in [3.8, 4) is 0 Å². The Bertz CT molecular complexity index is 500. The monoisotopic (exact) mass is 287 g/mol. The summed E-state index contributed by atoms with van der Waals surface area (Å²) in [7, 11) is 0. The molecule has 0 aliphatic heterocycles. The molecule has 1 aliphatic carbocycles. The van der Waals surface area contributed by atoms with Crippen LogP contribution in [0.4, 0.5) is 5.82 Å². The second-order valence-corrected chi connectivity index (χ2v) is 6.43. The van der Waals surface area contributed by atoms with Gasteiger partial charge in [-0.3, -0.25) is 4.79 Å². The lowest BCUT2D eigenvalue weighted by atomic mass is 10.0. The minimum Gasteiger partial charge on any atom is -0.309 e. The van der Waals surface area contributed by atoms with Gasteiger partial charge in [0.15, 0.2) is 11.0 Å². The zero-order valence-electron chi connectivity index (χ0n) is 10.7. The lowest BCUT2D eigenvalue weighted by Gasteiger charge is -2.07. The molecule has 0 spiro atoms. The molecule has 0 unspecified atom stereocenters. The number of halogens is 2. The van der Waals surface area contributed by atoms with E-state index in [0.29, 0.717) is 0 Å². The Morgan fingerprint density at radius 2 is 1.78 bits per heavy atom. The Hall–Kier alpha value is -0.870. The molecular weight excluding hydrogens is 273 g/mol. The van der Waals surface area contributed by atoms with E-state index in [-0.39, 0.29) is 38.6 Å². The molecule has 98 valence electrons. The zero-order chi connectivity index (χ0) is 13.7. The molecule has 6 heteroatoms. The molecule has 1 saturated carbocycles. The van der Waals surface area contributed by atoms with Crippen molar-refractivity contribution in [2.45, 2.75) is 27.7 Å². The van der Waals surface area contributed by atoms with Gasteiger partial charge in [-0.15, -0.1) is 0 Å². The predicted octanol–water partition coefficient (Wildman–Crippen LogP) is 3.40. The number of carbonyl (C=O) groups is 1. The molecule has 1 aromatic rings. The summed E-state index contributed by atoms with van der Waals surface area (Å²) in [5, 5.41) is 3.02. The van der Waals surface area contributed by atoms with Gasteiger partial charge in [0.25, 0.3) is 0 Å². The molecule has 0 radical (unpaired) electrons. The van der Waals surface area contributed by atoms with Crippen molar-refractivity contribution in [1.82, 2.24) is 9.97 Å². The largest absolute Gasteiger partial charge is 0.309 e. The number of hydrogen-bond donors (Lipinski definition) is 1.